The van der Waals surface area contributed by atoms with E-state index in [-0.39, 0.29) is 30.1 Å². The highest BCUT2D eigenvalue weighted by Gasteiger charge is 2.09. The van der Waals surface area contributed by atoms with Crippen molar-refractivity contribution in [2.24, 2.45) is 4.99 Å². The van der Waals surface area contributed by atoms with Gasteiger partial charge >= 0.3 is 0 Å². The second-order valence-electron chi connectivity index (χ2n) is 5.59. The number of guanidine groups is 1. The average Bonchev–Trinajstić information content (AvgIpc) is 2.68. The number of nitrogens with one attached hydrogen (secondary N) is 2. The van der Waals surface area contributed by atoms with Crippen molar-refractivity contribution in [3.8, 4) is 17.4 Å². The van der Waals surface area contributed by atoms with Crippen LogP contribution in [-0.4, -0.2) is 44.9 Å². The normalized spacial score (nSPS) is 11.8. The highest BCUT2D eigenvalue weighted by Crippen LogP contribution is 2.26. The zero-order valence-electron chi connectivity index (χ0n) is 16.1. The highest BCUT2D eigenvalue weighted by molar-refractivity contribution is 14.0. The third-order valence-electron chi connectivity index (χ3n) is 3.65. The molecule has 2 aromatic rings. The van der Waals surface area contributed by atoms with Crippen LogP contribution >= 0.6 is 24.0 Å². The van der Waals surface area contributed by atoms with Gasteiger partial charge in [-0.1, -0.05) is 12.1 Å². The zero-order chi connectivity index (χ0) is 18.8. The number of hydrogen-bond donors (Lipinski definition) is 2. The Balaban J connectivity index is 0.00000364. The molecule has 0 saturated heterocycles. The fourth-order valence-corrected chi connectivity index (χ4v) is 2.29. The SMILES string of the molecule is CN=C(NCc1ccnc(OC)c1)NCC(C)Oc1ccccc1OC.I. The van der Waals surface area contributed by atoms with Crippen LogP contribution in [0.5, 0.6) is 17.4 Å². The van der Waals surface area contributed by atoms with Gasteiger partial charge < -0.3 is 24.8 Å². The molecule has 1 aromatic carbocycles. The van der Waals surface area contributed by atoms with Crippen molar-refractivity contribution in [2.45, 2.75) is 19.6 Å². The number of para-hydroxylation sites is 2. The van der Waals surface area contributed by atoms with Gasteiger partial charge in [0.2, 0.25) is 5.88 Å². The molecule has 0 saturated carbocycles. The fourth-order valence-electron chi connectivity index (χ4n) is 2.29. The second kappa shape index (κ2) is 12.2. The van der Waals surface area contributed by atoms with Gasteiger partial charge in [0, 0.05) is 25.9 Å². The second-order valence-corrected chi connectivity index (χ2v) is 5.59. The standard InChI is InChI=1S/C19H26N4O3.HI/c1-14(26-17-8-6-5-7-16(17)24-3)12-22-19(20-2)23-13-15-9-10-21-18(11-15)25-4;/h5-11,14H,12-13H2,1-4H3,(H2,20,22,23);1H. The maximum absolute atomic E-state index is 5.93. The van der Waals surface area contributed by atoms with Crippen LogP contribution in [0, 0.1) is 0 Å². The number of hydrogen-bond acceptors (Lipinski definition) is 5. The first-order valence-corrected chi connectivity index (χ1v) is 8.39. The molecule has 1 heterocycles. The molecule has 2 rings (SSSR count). The topological polar surface area (TPSA) is 77.0 Å². The van der Waals surface area contributed by atoms with Gasteiger partial charge in [-0.25, -0.2) is 4.98 Å². The minimum atomic E-state index is -0.0640. The molecular formula is C19H27IN4O3. The van der Waals surface area contributed by atoms with Crippen LogP contribution in [0.15, 0.2) is 47.6 Å². The number of methoxy groups -OCH3 is 2. The maximum atomic E-state index is 5.93. The molecule has 0 aliphatic carbocycles. The lowest BCUT2D eigenvalue weighted by Crippen LogP contribution is -2.41. The summed E-state index contributed by atoms with van der Waals surface area (Å²) in [5.41, 5.74) is 1.05. The van der Waals surface area contributed by atoms with E-state index in [2.05, 4.69) is 20.6 Å². The van der Waals surface area contributed by atoms with Crippen LogP contribution < -0.4 is 24.8 Å². The summed E-state index contributed by atoms with van der Waals surface area (Å²) in [6.07, 6.45) is 1.65. The number of ether oxygens (including phenoxy) is 3. The number of pyridine rings is 1. The van der Waals surface area contributed by atoms with Crippen LogP contribution in [0.25, 0.3) is 0 Å². The third-order valence-corrected chi connectivity index (χ3v) is 3.65. The third kappa shape index (κ3) is 7.49. The zero-order valence-corrected chi connectivity index (χ0v) is 18.4. The first-order valence-electron chi connectivity index (χ1n) is 8.39. The van der Waals surface area contributed by atoms with Crippen LogP contribution in [-0.2, 0) is 6.54 Å². The van der Waals surface area contributed by atoms with Gasteiger partial charge in [0.1, 0.15) is 6.10 Å². The molecule has 0 fully saturated rings. The van der Waals surface area contributed by atoms with E-state index in [9.17, 15) is 0 Å². The Morgan fingerprint density at radius 1 is 1.11 bits per heavy atom. The molecular weight excluding hydrogens is 459 g/mol. The molecule has 1 aromatic heterocycles. The number of rotatable bonds is 8. The summed E-state index contributed by atoms with van der Waals surface area (Å²) in [5.74, 6) is 2.71. The van der Waals surface area contributed by atoms with Gasteiger partial charge in [-0.15, -0.1) is 24.0 Å². The van der Waals surface area contributed by atoms with E-state index in [1.165, 1.54) is 0 Å². The minimum Gasteiger partial charge on any atom is -0.493 e. The Labute approximate surface area is 177 Å². The number of aliphatic imine (C=N–C) groups is 1. The van der Waals surface area contributed by atoms with Crippen LogP contribution in [0.1, 0.15) is 12.5 Å². The fraction of sp³-hybridized carbons (Fsp3) is 0.368. The van der Waals surface area contributed by atoms with E-state index >= 15 is 0 Å². The molecule has 0 aliphatic rings. The smallest absolute Gasteiger partial charge is 0.213 e. The summed E-state index contributed by atoms with van der Waals surface area (Å²) in [5, 5.41) is 6.51. The molecule has 0 bridgehead atoms. The van der Waals surface area contributed by atoms with Crippen LogP contribution in [0.4, 0.5) is 0 Å². The molecule has 27 heavy (non-hydrogen) atoms. The number of nitrogens with zero attached hydrogens (tertiary/aromatic N) is 2. The Bertz CT molecular complexity index is 728. The molecule has 1 unspecified atom stereocenters. The summed E-state index contributed by atoms with van der Waals surface area (Å²) in [4.78, 5) is 8.32. The van der Waals surface area contributed by atoms with E-state index in [1.807, 2.05) is 43.3 Å². The van der Waals surface area contributed by atoms with E-state index in [0.717, 1.165) is 11.3 Å². The summed E-state index contributed by atoms with van der Waals surface area (Å²) in [6.45, 7) is 3.19. The van der Waals surface area contributed by atoms with Crippen molar-refractivity contribution in [3.05, 3.63) is 48.2 Å². The van der Waals surface area contributed by atoms with E-state index in [1.54, 1.807) is 27.5 Å². The van der Waals surface area contributed by atoms with E-state index in [0.29, 0.717) is 30.7 Å². The molecule has 0 spiro atoms. The molecule has 2 N–H and O–H groups in total. The Morgan fingerprint density at radius 2 is 1.85 bits per heavy atom. The lowest BCUT2D eigenvalue weighted by atomic mass is 10.2. The first-order chi connectivity index (χ1) is 12.7. The van der Waals surface area contributed by atoms with Gasteiger partial charge in [-0.05, 0) is 30.7 Å². The quantitative estimate of drug-likeness (QED) is 0.340. The number of halogens is 1. The van der Waals surface area contributed by atoms with Crippen LogP contribution in [0.3, 0.4) is 0 Å². The van der Waals surface area contributed by atoms with Crippen LogP contribution in [0.2, 0.25) is 0 Å². The van der Waals surface area contributed by atoms with Crippen molar-refractivity contribution in [1.82, 2.24) is 15.6 Å². The van der Waals surface area contributed by atoms with E-state index in [4.69, 9.17) is 14.2 Å². The molecule has 8 heteroatoms. The number of benzene rings is 1. The monoisotopic (exact) mass is 486 g/mol. The van der Waals surface area contributed by atoms with Gasteiger partial charge in [-0.3, -0.25) is 4.99 Å². The molecule has 148 valence electrons. The molecule has 0 radical (unpaired) electrons. The van der Waals surface area contributed by atoms with Gasteiger partial charge in [0.05, 0.1) is 20.8 Å². The molecule has 1 atom stereocenters. The predicted octanol–water partition coefficient (Wildman–Crippen LogP) is 2.85. The van der Waals surface area contributed by atoms with Crippen molar-refractivity contribution < 1.29 is 14.2 Å². The Hall–Kier alpha value is -2.23. The Kier molecular flexibility index (Phi) is 10.3. The predicted molar refractivity (Wildman–Crippen MR) is 117 cm³/mol. The highest BCUT2D eigenvalue weighted by atomic mass is 127. The molecule has 0 amide bonds. The minimum absolute atomic E-state index is 0. The van der Waals surface area contributed by atoms with Crippen molar-refractivity contribution >= 4 is 29.9 Å². The van der Waals surface area contributed by atoms with E-state index < -0.39 is 0 Å². The van der Waals surface area contributed by atoms with Crippen molar-refractivity contribution in [1.29, 1.82) is 0 Å². The molecule has 7 nitrogen and oxygen atoms in total. The van der Waals surface area contributed by atoms with Gasteiger partial charge in [-0.2, -0.15) is 0 Å². The number of aromatic nitrogens is 1. The van der Waals surface area contributed by atoms with Gasteiger partial charge in [0.25, 0.3) is 0 Å². The Morgan fingerprint density at radius 3 is 2.52 bits per heavy atom. The van der Waals surface area contributed by atoms with Crippen molar-refractivity contribution in [3.63, 3.8) is 0 Å². The largest absolute Gasteiger partial charge is 0.493 e. The average molecular weight is 486 g/mol. The van der Waals surface area contributed by atoms with Gasteiger partial charge in [0.15, 0.2) is 17.5 Å². The summed E-state index contributed by atoms with van der Waals surface area (Å²) in [7, 11) is 4.96. The summed E-state index contributed by atoms with van der Waals surface area (Å²) in [6, 6.07) is 11.4. The van der Waals surface area contributed by atoms with Crippen molar-refractivity contribution in [2.75, 3.05) is 27.8 Å². The maximum Gasteiger partial charge on any atom is 0.213 e. The molecule has 0 aliphatic heterocycles. The lowest BCUT2D eigenvalue weighted by Gasteiger charge is -2.19. The summed E-state index contributed by atoms with van der Waals surface area (Å²) < 4.78 is 16.4. The summed E-state index contributed by atoms with van der Waals surface area (Å²) >= 11 is 0. The lowest BCUT2D eigenvalue weighted by molar-refractivity contribution is 0.213. The first kappa shape index (κ1) is 22.8.